The number of hydrogen-bond acceptors (Lipinski definition) is 4. The lowest BCUT2D eigenvalue weighted by Gasteiger charge is -2.03. The van der Waals surface area contributed by atoms with Crippen molar-refractivity contribution in [2.24, 2.45) is 0 Å². The highest BCUT2D eigenvalue weighted by Gasteiger charge is 2.05. The monoisotopic (exact) mass is 262 g/mol. The minimum Gasteiger partial charge on any atom is -0.264 e. The maximum absolute atomic E-state index is 11.1. The maximum Gasteiger partial charge on any atom is 0.147 e. The van der Waals surface area contributed by atoms with Crippen molar-refractivity contribution < 1.29 is 8.42 Å². The molecule has 0 saturated heterocycles. The molecule has 0 unspecified atom stereocenters. The van der Waals surface area contributed by atoms with E-state index in [1.807, 2.05) is 30.3 Å². The summed E-state index contributed by atoms with van der Waals surface area (Å²) in [6.45, 7) is 0. The molecule has 0 aliphatic carbocycles. The van der Waals surface area contributed by atoms with Crippen molar-refractivity contribution in [1.29, 1.82) is 0 Å². The third-order valence-corrected chi connectivity index (χ3v) is 3.44. The van der Waals surface area contributed by atoms with E-state index >= 15 is 0 Å². The number of sulfone groups is 1. The fourth-order valence-corrected chi connectivity index (χ4v) is 2.16. The van der Waals surface area contributed by atoms with Crippen LogP contribution in [0.25, 0.3) is 11.3 Å². The molecule has 0 saturated carbocycles. The number of rotatable bonds is 4. The summed E-state index contributed by atoms with van der Waals surface area (Å²) in [5.74, 6) is 0.122. The van der Waals surface area contributed by atoms with Gasteiger partial charge in [-0.3, -0.25) is 9.97 Å². The SMILES string of the molecule is CS(=O)(=O)CCc1cccc(-c2cccnc2)n1. The van der Waals surface area contributed by atoms with E-state index in [-0.39, 0.29) is 5.75 Å². The Balaban J connectivity index is 2.21. The van der Waals surface area contributed by atoms with Crippen LogP contribution in [0.15, 0.2) is 42.7 Å². The summed E-state index contributed by atoms with van der Waals surface area (Å²) in [5, 5.41) is 0. The normalized spacial score (nSPS) is 11.4. The van der Waals surface area contributed by atoms with Crippen molar-refractivity contribution in [1.82, 2.24) is 9.97 Å². The summed E-state index contributed by atoms with van der Waals surface area (Å²) < 4.78 is 22.2. The van der Waals surface area contributed by atoms with Gasteiger partial charge < -0.3 is 0 Å². The van der Waals surface area contributed by atoms with E-state index in [9.17, 15) is 8.42 Å². The Kier molecular flexibility index (Phi) is 3.72. The van der Waals surface area contributed by atoms with Gasteiger partial charge >= 0.3 is 0 Å². The van der Waals surface area contributed by atoms with Gasteiger partial charge in [0.2, 0.25) is 0 Å². The molecule has 2 aromatic heterocycles. The van der Waals surface area contributed by atoms with Crippen LogP contribution in [-0.2, 0) is 16.3 Å². The van der Waals surface area contributed by atoms with E-state index in [0.29, 0.717) is 6.42 Å². The molecule has 2 aromatic rings. The standard InChI is InChI=1S/C13H14N2O2S/c1-18(16,17)9-7-12-5-2-6-13(15-12)11-4-3-8-14-10-11/h2-6,8,10H,7,9H2,1H3. The lowest BCUT2D eigenvalue weighted by molar-refractivity contribution is 0.601. The van der Waals surface area contributed by atoms with Crippen LogP contribution in [0.3, 0.4) is 0 Å². The van der Waals surface area contributed by atoms with Crippen molar-refractivity contribution >= 4 is 9.84 Å². The molecule has 2 rings (SSSR count). The number of pyridine rings is 2. The van der Waals surface area contributed by atoms with E-state index in [4.69, 9.17) is 0 Å². The van der Waals surface area contributed by atoms with Gasteiger partial charge in [0.15, 0.2) is 0 Å². The van der Waals surface area contributed by atoms with Crippen molar-refractivity contribution in [3.63, 3.8) is 0 Å². The van der Waals surface area contributed by atoms with Crippen molar-refractivity contribution in [2.45, 2.75) is 6.42 Å². The predicted molar refractivity (Wildman–Crippen MR) is 70.9 cm³/mol. The Labute approximate surface area is 107 Å². The van der Waals surface area contributed by atoms with E-state index < -0.39 is 9.84 Å². The Morgan fingerprint density at radius 2 is 2.00 bits per heavy atom. The molecule has 0 amide bonds. The summed E-state index contributed by atoms with van der Waals surface area (Å²) in [4.78, 5) is 8.48. The molecule has 0 aromatic carbocycles. The Hall–Kier alpha value is -1.75. The maximum atomic E-state index is 11.1. The van der Waals surface area contributed by atoms with Crippen LogP contribution in [0, 0.1) is 0 Å². The van der Waals surface area contributed by atoms with E-state index in [1.54, 1.807) is 12.4 Å². The zero-order chi connectivity index (χ0) is 13.0. The quantitative estimate of drug-likeness (QED) is 0.842. The molecule has 94 valence electrons. The zero-order valence-corrected chi connectivity index (χ0v) is 10.9. The van der Waals surface area contributed by atoms with Crippen LogP contribution < -0.4 is 0 Å². The van der Waals surface area contributed by atoms with Crippen LogP contribution in [0.1, 0.15) is 5.69 Å². The van der Waals surface area contributed by atoms with E-state index in [1.165, 1.54) is 6.26 Å². The van der Waals surface area contributed by atoms with Crippen LogP contribution in [0.4, 0.5) is 0 Å². The molecular formula is C13H14N2O2S. The third-order valence-electron chi connectivity index (χ3n) is 2.49. The van der Waals surface area contributed by atoms with Crippen LogP contribution in [0.2, 0.25) is 0 Å². The molecule has 18 heavy (non-hydrogen) atoms. The number of aryl methyl sites for hydroxylation is 1. The van der Waals surface area contributed by atoms with Gasteiger partial charge in [-0.15, -0.1) is 0 Å². The fraction of sp³-hybridized carbons (Fsp3) is 0.231. The summed E-state index contributed by atoms with van der Waals surface area (Å²) in [6.07, 6.45) is 5.12. The second-order valence-corrected chi connectivity index (χ2v) is 6.40. The Bertz CT molecular complexity index is 624. The van der Waals surface area contributed by atoms with Gasteiger partial charge in [0.1, 0.15) is 9.84 Å². The Morgan fingerprint density at radius 1 is 1.17 bits per heavy atom. The van der Waals surface area contributed by atoms with Gasteiger partial charge in [0, 0.05) is 36.3 Å². The second-order valence-electron chi connectivity index (χ2n) is 4.14. The van der Waals surface area contributed by atoms with Gasteiger partial charge in [-0.25, -0.2) is 8.42 Å². The Morgan fingerprint density at radius 3 is 2.67 bits per heavy atom. The highest BCUT2D eigenvalue weighted by molar-refractivity contribution is 7.90. The van der Waals surface area contributed by atoms with Crippen molar-refractivity contribution in [2.75, 3.05) is 12.0 Å². The number of hydrogen-bond donors (Lipinski definition) is 0. The molecule has 0 spiro atoms. The second kappa shape index (κ2) is 5.27. The zero-order valence-electron chi connectivity index (χ0n) is 10.1. The molecule has 0 N–H and O–H groups in total. The summed E-state index contributed by atoms with van der Waals surface area (Å²) in [6, 6.07) is 9.38. The highest BCUT2D eigenvalue weighted by atomic mass is 32.2. The van der Waals surface area contributed by atoms with Crippen LogP contribution >= 0.6 is 0 Å². The summed E-state index contributed by atoms with van der Waals surface area (Å²) in [5.41, 5.74) is 2.52. The predicted octanol–water partition coefficient (Wildman–Crippen LogP) is 1.73. The van der Waals surface area contributed by atoms with Gasteiger partial charge in [-0.05, 0) is 24.3 Å². The minimum absolute atomic E-state index is 0.122. The van der Waals surface area contributed by atoms with E-state index in [0.717, 1.165) is 17.0 Å². The molecule has 5 heteroatoms. The fourth-order valence-electron chi connectivity index (χ4n) is 1.58. The molecule has 0 aliphatic rings. The first-order valence-corrected chi connectivity index (χ1v) is 7.65. The molecule has 0 radical (unpaired) electrons. The molecular weight excluding hydrogens is 248 g/mol. The first-order valence-electron chi connectivity index (χ1n) is 5.59. The highest BCUT2D eigenvalue weighted by Crippen LogP contribution is 2.15. The van der Waals surface area contributed by atoms with Crippen LogP contribution in [-0.4, -0.2) is 30.4 Å². The molecule has 0 atom stereocenters. The summed E-state index contributed by atoms with van der Waals surface area (Å²) >= 11 is 0. The van der Waals surface area contributed by atoms with E-state index in [2.05, 4.69) is 9.97 Å². The van der Waals surface area contributed by atoms with Gasteiger partial charge in [0.05, 0.1) is 11.4 Å². The lowest BCUT2D eigenvalue weighted by Crippen LogP contribution is -2.07. The van der Waals surface area contributed by atoms with Crippen LogP contribution in [0.5, 0.6) is 0 Å². The first kappa shape index (κ1) is 12.7. The molecule has 0 fully saturated rings. The summed E-state index contributed by atoms with van der Waals surface area (Å²) in [7, 11) is -2.95. The number of nitrogens with zero attached hydrogens (tertiary/aromatic N) is 2. The minimum atomic E-state index is -2.95. The lowest BCUT2D eigenvalue weighted by atomic mass is 10.2. The topological polar surface area (TPSA) is 59.9 Å². The van der Waals surface area contributed by atoms with Gasteiger partial charge in [0.25, 0.3) is 0 Å². The largest absolute Gasteiger partial charge is 0.264 e. The van der Waals surface area contributed by atoms with Crippen molar-refractivity contribution in [3.05, 3.63) is 48.4 Å². The molecule has 4 nitrogen and oxygen atoms in total. The first-order chi connectivity index (χ1) is 8.54. The van der Waals surface area contributed by atoms with Gasteiger partial charge in [-0.2, -0.15) is 0 Å². The molecule has 2 heterocycles. The average molecular weight is 262 g/mol. The third kappa shape index (κ3) is 3.63. The smallest absolute Gasteiger partial charge is 0.147 e. The van der Waals surface area contributed by atoms with Crippen molar-refractivity contribution in [3.8, 4) is 11.3 Å². The van der Waals surface area contributed by atoms with Gasteiger partial charge in [-0.1, -0.05) is 6.07 Å². The number of aromatic nitrogens is 2. The molecule has 0 aliphatic heterocycles. The molecule has 0 bridgehead atoms. The average Bonchev–Trinajstić information content (AvgIpc) is 2.37.